The summed E-state index contributed by atoms with van der Waals surface area (Å²) in [5.41, 5.74) is 4.25. The number of aliphatic hydroxyl groups excluding tert-OH is 1. The third kappa shape index (κ3) is 9.67. The summed E-state index contributed by atoms with van der Waals surface area (Å²) in [6, 6.07) is 40.4. The minimum absolute atomic E-state index is 0.190. The molecule has 1 N–H and O–H groups in total. The van der Waals surface area contributed by atoms with Gasteiger partial charge in [-0.2, -0.15) is 0 Å². The fourth-order valence-corrected chi connectivity index (χ4v) is 7.77. The van der Waals surface area contributed by atoms with Crippen molar-refractivity contribution < 1.29 is 14.7 Å². The summed E-state index contributed by atoms with van der Waals surface area (Å²) in [5, 5.41) is 10.2. The van der Waals surface area contributed by atoms with Crippen LogP contribution in [0.15, 0.2) is 121 Å². The van der Waals surface area contributed by atoms with E-state index in [9.17, 15) is 9.59 Å². The Morgan fingerprint density at radius 2 is 0.833 bits per heavy atom. The molecule has 0 bridgehead atoms. The van der Waals surface area contributed by atoms with E-state index in [0.717, 1.165) is 91.8 Å². The maximum atomic E-state index is 13.3. The largest absolute Gasteiger partial charge is 0.396 e. The average molecular weight is 710 g/mol. The van der Waals surface area contributed by atoms with Gasteiger partial charge >= 0.3 is 0 Å². The lowest BCUT2D eigenvalue weighted by atomic mass is 9.88. The second-order valence-electron chi connectivity index (χ2n) is 13.0. The van der Waals surface area contributed by atoms with E-state index in [1.807, 2.05) is 102 Å². The van der Waals surface area contributed by atoms with Crippen molar-refractivity contribution in [2.24, 2.45) is 11.8 Å². The Morgan fingerprint density at radius 3 is 1.10 bits per heavy atom. The molecule has 2 saturated heterocycles. The molecule has 252 valence electrons. The zero-order valence-electron chi connectivity index (χ0n) is 27.9. The van der Waals surface area contributed by atoms with Gasteiger partial charge < -0.3 is 14.9 Å². The van der Waals surface area contributed by atoms with E-state index in [1.165, 1.54) is 6.42 Å². The van der Waals surface area contributed by atoms with Crippen LogP contribution < -0.4 is 0 Å². The van der Waals surface area contributed by atoms with Crippen LogP contribution in [0.3, 0.4) is 0 Å². The van der Waals surface area contributed by atoms with E-state index in [0.29, 0.717) is 5.92 Å². The minimum Gasteiger partial charge on any atom is -0.396 e. The Kier molecular flexibility index (Phi) is 13.9. The molecule has 0 aliphatic carbocycles. The molecular formula is C42H49BrN2O3. The van der Waals surface area contributed by atoms with Crippen molar-refractivity contribution >= 4 is 27.7 Å². The molecule has 0 atom stereocenters. The molecule has 4 aromatic carbocycles. The number of amides is 2. The van der Waals surface area contributed by atoms with Gasteiger partial charge in [-0.15, -0.1) is 0 Å². The topological polar surface area (TPSA) is 60.9 Å². The van der Waals surface area contributed by atoms with Gasteiger partial charge in [-0.1, -0.05) is 137 Å². The summed E-state index contributed by atoms with van der Waals surface area (Å²) in [5.74, 6) is 1.30. The molecule has 2 aliphatic heterocycles. The molecule has 5 nitrogen and oxygen atoms in total. The van der Waals surface area contributed by atoms with E-state index >= 15 is 0 Å². The first-order chi connectivity index (χ1) is 23.6. The monoisotopic (exact) mass is 708 g/mol. The summed E-state index contributed by atoms with van der Waals surface area (Å²) in [6.45, 7) is 3.59. The van der Waals surface area contributed by atoms with Crippen molar-refractivity contribution in [1.29, 1.82) is 0 Å². The van der Waals surface area contributed by atoms with Crippen LogP contribution in [0, 0.1) is 11.8 Å². The molecule has 0 radical (unpaired) electrons. The Labute approximate surface area is 295 Å². The SMILES string of the molecule is O=C(C(c1ccccc1)c1ccccc1)N1CCC(CCBr)CC1.O=C(C(c1ccccc1)c1ccccc1)N1CCC(CCO)CC1. The van der Waals surface area contributed by atoms with Crippen LogP contribution in [-0.4, -0.2) is 64.8 Å². The first-order valence-corrected chi connectivity index (χ1v) is 18.6. The lowest BCUT2D eigenvalue weighted by Gasteiger charge is -2.34. The molecule has 0 saturated carbocycles. The minimum atomic E-state index is -0.234. The smallest absolute Gasteiger partial charge is 0.234 e. The first kappa shape index (κ1) is 35.6. The van der Waals surface area contributed by atoms with Gasteiger partial charge in [0.1, 0.15) is 0 Å². The number of likely N-dealkylation sites (tertiary alicyclic amines) is 2. The van der Waals surface area contributed by atoms with Crippen LogP contribution in [0.4, 0.5) is 0 Å². The fraction of sp³-hybridized carbons (Fsp3) is 0.381. The second kappa shape index (κ2) is 18.7. The van der Waals surface area contributed by atoms with Gasteiger partial charge in [0.15, 0.2) is 0 Å². The molecule has 4 aromatic rings. The zero-order chi connectivity index (χ0) is 33.6. The number of hydrogen-bond donors (Lipinski definition) is 1. The fourth-order valence-electron chi connectivity index (χ4n) is 7.12. The van der Waals surface area contributed by atoms with Crippen molar-refractivity contribution in [3.63, 3.8) is 0 Å². The van der Waals surface area contributed by atoms with Crippen LogP contribution in [0.25, 0.3) is 0 Å². The summed E-state index contributed by atoms with van der Waals surface area (Å²) in [6.07, 6.45) is 6.28. The van der Waals surface area contributed by atoms with Gasteiger partial charge in [0.25, 0.3) is 0 Å². The molecule has 0 aromatic heterocycles. The van der Waals surface area contributed by atoms with Crippen LogP contribution >= 0.6 is 15.9 Å². The molecule has 6 heteroatoms. The molecule has 0 spiro atoms. The molecular weight excluding hydrogens is 660 g/mol. The van der Waals surface area contributed by atoms with Crippen LogP contribution in [0.1, 0.15) is 72.6 Å². The standard InChI is InChI=1S/C21H24BrNO.C21H25NO2/c22-14-11-17-12-15-23(16-13-17)21(24)20(18-7-3-1-4-8-18)19-9-5-2-6-10-19;23-16-13-17-11-14-22(15-12-17)21(24)20(18-7-3-1-4-8-18)19-9-5-2-6-10-19/h1-10,17,20H,11-16H2;1-10,17,20,23H,11-16H2. The highest BCUT2D eigenvalue weighted by atomic mass is 79.9. The third-order valence-corrected chi connectivity index (χ3v) is 10.4. The summed E-state index contributed by atoms with van der Waals surface area (Å²) in [7, 11) is 0. The zero-order valence-corrected chi connectivity index (χ0v) is 29.5. The van der Waals surface area contributed by atoms with Crippen molar-refractivity contribution in [3.05, 3.63) is 144 Å². The van der Waals surface area contributed by atoms with Gasteiger partial charge in [-0.3, -0.25) is 9.59 Å². The summed E-state index contributed by atoms with van der Waals surface area (Å²) in [4.78, 5) is 30.6. The molecule has 2 fully saturated rings. The normalized spacial score (nSPS) is 15.7. The molecule has 6 rings (SSSR count). The number of carbonyl (C=O) groups is 2. The average Bonchev–Trinajstić information content (AvgIpc) is 3.15. The number of carbonyl (C=O) groups excluding carboxylic acids is 2. The van der Waals surface area contributed by atoms with Crippen LogP contribution in [-0.2, 0) is 9.59 Å². The highest BCUT2D eigenvalue weighted by Gasteiger charge is 2.31. The van der Waals surface area contributed by atoms with Crippen molar-refractivity contribution in [2.45, 2.75) is 50.4 Å². The van der Waals surface area contributed by atoms with E-state index in [-0.39, 0.29) is 30.3 Å². The van der Waals surface area contributed by atoms with Gasteiger partial charge in [0, 0.05) is 38.1 Å². The van der Waals surface area contributed by atoms with Crippen molar-refractivity contribution in [3.8, 4) is 0 Å². The lowest BCUT2D eigenvalue weighted by molar-refractivity contribution is -0.134. The van der Waals surface area contributed by atoms with E-state index < -0.39 is 0 Å². The Morgan fingerprint density at radius 1 is 0.542 bits per heavy atom. The van der Waals surface area contributed by atoms with Crippen molar-refractivity contribution in [1.82, 2.24) is 9.80 Å². The van der Waals surface area contributed by atoms with Gasteiger partial charge in [0.05, 0.1) is 11.8 Å². The predicted octanol–water partition coefficient (Wildman–Crippen LogP) is 8.28. The molecule has 48 heavy (non-hydrogen) atoms. The highest BCUT2D eigenvalue weighted by Crippen LogP contribution is 2.31. The second-order valence-corrected chi connectivity index (χ2v) is 13.8. The van der Waals surface area contributed by atoms with Gasteiger partial charge in [-0.05, 0) is 72.6 Å². The number of benzene rings is 4. The van der Waals surface area contributed by atoms with E-state index in [2.05, 4.69) is 45.1 Å². The third-order valence-electron chi connectivity index (χ3n) is 9.93. The van der Waals surface area contributed by atoms with E-state index in [1.54, 1.807) is 0 Å². The van der Waals surface area contributed by atoms with E-state index in [4.69, 9.17) is 5.11 Å². The predicted molar refractivity (Wildman–Crippen MR) is 198 cm³/mol. The Hall–Kier alpha value is -3.74. The number of piperidine rings is 2. The molecule has 2 aliphatic rings. The number of rotatable bonds is 10. The Bertz CT molecular complexity index is 1310. The summed E-state index contributed by atoms with van der Waals surface area (Å²) < 4.78 is 0. The van der Waals surface area contributed by atoms with Crippen LogP contribution in [0.5, 0.6) is 0 Å². The first-order valence-electron chi connectivity index (χ1n) is 17.5. The van der Waals surface area contributed by atoms with Crippen LogP contribution in [0.2, 0.25) is 0 Å². The maximum absolute atomic E-state index is 13.3. The number of aliphatic hydroxyl groups is 1. The molecule has 0 unspecified atom stereocenters. The number of nitrogens with zero attached hydrogens (tertiary/aromatic N) is 2. The Balaban J connectivity index is 0.000000188. The van der Waals surface area contributed by atoms with Gasteiger partial charge in [0.2, 0.25) is 11.8 Å². The van der Waals surface area contributed by atoms with Gasteiger partial charge in [-0.25, -0.2) is 0 Å². The lowest BCUT2D eigenvalue weighted by Crippen LogP contribution is -2.41. The molecule has 2 amide bonds. The molecule has 2 heterocycles. The number of hydrogen-bond acceptors (Lipinski definition) is 3. The highest BCUT2D eigenvalue weighted by molar-refractivity contribution is 9.09. The summed E-state index contributed by atoms with van der Waals surface area (Å²) >= 11 is 3.53. The number of halogens is 1. The van der Waals surface area contributed by atoms with Crippen molar-refractivity contribution in [2.75, 3.05) is 38.1 Å². The quantitative estimate of drug-likeness (QED) is 0.169. The maximum Gasteiger partial charge on any atom is 0.234 e. The number of alkyl halides is 1.